The second kappa shape index (κ2) is 12.0. The van der Waals surface area contributed by atoms with Gasteiger partial charge < -0.3 is 14.6 Å². The van der Waals surface area contributed by atoms with E-state index in [1.165, 1.54) is 32.5 Å². The highest BCUT2D eigenvalue weighted by atomic mass is 32.2. The Bertz CT molecular complexity index is 1560. The molecule has 2 aliphatic rings. The zero-order chi connectivity index (χ0) is 28.3. The SMILES string of the molecule is Cn1c(SCC(=O)Nc2ccc(S(=O)(=O)N3CCCC3)cc2)nnc1-c1ccc(S(=O)(=O)N2CCOCC2)cc1. The molecule has 15 heteroatoms. The molecule has 0 unspecified atom stereocenters. The van der Waals surface area contributed by atoms with Crippen molar-refractivity contribution in [3.05, 3.63) is 48.5 Å². The average Bonchev–Trinajstić information content (AvgIpc) is 3.64. The van der Waals surface area contributed by atoms with Crippen molar-refractivity contribution in [1.29, 1.82) is 0 Å². The largest absolute Gasteiger partial charge is 0.379 e. The molecule has 1 aromatic heterocycles. The van der Waals surface area contributed by atoms with E-state index in [1.807, 2.05) is 0 Å². The topological polar surface area (TPSA) is 144 Å². The van der Waals surface area contributed by atoms with E-state index in [9.17, 15) is 21.6 Å². The van der Waals surface area contributed by atoms with Gasteiger partial charge in [0, 0.05) is 44.5 Å². The van der Waals surface area contributed by atoms with Crippen LogP contribution < -0.4 is 5.32 Å². The quantitative estimate of drug-likeness (QED) is 0.362. The molecule has 2 aromatic carbocycles. The molecule has 0 radical (unpaired) electrons. The van der Waals surface area contributed by atoms with E-state index in [1.54, 1.807) is 48.0 Å². The van der Waals surface area contributed by atoms with Crippen LogP contribution >= 0.6 is 11.8 Å². The molecule has 0 saturated carbocycles. The van der Waals surface area contributed by atoms with Crippen LogP contribution in [-0.2, 0) is 36.6 Å². The number of anilines is 1. The number of thioether (sulfide) groups is 1. The molecule has 1 amide bonds. The molecule has 2 fully saturated rings. The van der Waals surface area contributed by atoms with E-state index in [4.69, 9.17) is 4.74 Å². The molecule has 12 nitrogen and oxygen atoms in total. The summed E-state index contributed by atoms with van der Waals surface area (Å²) >= 11 is 1.20. The zero-order valence-corrected chi connectivity index (χ0v) is 24.3. The van der Waals surface area contributed by atoms with Crippen molar-refractivity contribution in [2.75, 3.05) is 50.5 Å². The van der Waals surface area contributed by atoms with Gasteiger partial charge in [0.1, 0.15) is 0 Å². The smallest absolute Gasteiger partial charge is 0.243 e. The molecule has 1 N–H and O–H groups in total. The van der Waals surface area contributed by atoms with Gasteiger partial charge in [0.2, 0.25) is 26.0 Å². The van der Waals surface area contributed by atoms with Gasteiger partial charge in [0.15, 0.2) is 11.0 Å². The molecule has 2 aliphatic heterocycles. The third-order valence-corrected chi connectivity index (χ3v) is 11.6. The van der Waals surface area contributed by atoms with Crippen LogP contribution in [0.5, 0.6) is 0 Å². The normalized spacial score (nSPS) is 17.2. The van der Waals surface area contributed by atoms with Gasteiger partial charge >= 0.3 is 0 Å². The summed E-state index contributed by atoms with van der Waals surface area (Å²) < 4.78 is 61.0. The summed E-state index contributed by atoms with van der Waals surface area (Å²) in [5.41, 5.74) is 1.19. The van der Waals surface area contributed by atoms with Gasteiger partial charge in [-0.05, 0) is 61.4 Å². The van der Waals surface area contributed by atoms with E-state index in [0.717, 1.165) is 12.8 Å². The Labute approximate surface area is 237 Å². The number of carbonyl (C=O) groups is 1. The van der Waals surface area contributed by atoms with Gasteiger partial charge in [-0.1, -0.05) is 11.8 Å². The molecule has 3 heterocycles. The number of sulfonamides is 2. The van der Waals surface area contributed by atoms with Crippen LogP contribution in [0, 0.1) is 0 Å². The Morgan fingerprint density at radius 1 is 0.850 bits per heavy atom. The highest BCUT2D eigenvalue weighted by Gasteiger charge is 2.28. The van der Waals surface area contributed by atoms with Crippen LogP contribution in [0.25, 0.3) is 11.4 Å². The van der Waals surface area contributed by atoms with E-state index in [2.05, 4.69) is 15.5 Å². The Kier molecular flexibility index (Phi) is 8.58. The monoisotopic (exact) mass is 606 g/mol. The first-order valence-corrected chi connectivity index (χ1v) is 16.6. The second-order valence-electron chi connectivity index (χ2n) is 9.38. The fourth-order valence-corrected chi connectivity index (χ4v) is 8.15. The minimum absolute atomic E-state index is 0.0660. The number of aromatic nitrogens is 3. The zero-order valence-electron chi connectivity index (χ0n) is 21.9. The molecular weight excluding hydrogens is 577 g/mol. The lowest BCUT2D eigenvalue weighted by Gasteiger charge is -2.26. The number of hydrogen-bond acceptors (Lipinski definition) is 9. The first kappa shape index (κ1) is 28.7. The Hall–Kier alpha value is -2.82. The number of morpholine rings is 1. The lowest BCUT2D eigenvalue weighted by Crippen LogP contribution is -2.40. The van der Waals surface area contributed by atoms with E-state index in [-0.39, 0.29) is 21.5 Å². The number of rotatable bonds is 9. The summed E-state index contributed by atoms with van der Waals surface area (Å²) in [6.45, 7) is 2.48. The van der Waals surface area contributed by atoms with E-state index < -0.39 is 20.0 Å². The molecule has 0 aliphatic carbocycles. The fourth-order valence-electron chi connectivity index (χ4n) is 4.52. The molecule has 5 rings (SSSR count). The van der Waals surface area contributed by atoms with E-state index >= 15 is 0 Å². The Morgan fingerprint density at radius 2 is 1.40 bits per heavy atom. The predicted octanol–water partition coefficient (Wildman–Crippen LogP) is 2.02. The number of nitrogens with zero attached hydrogens (tertiary/aromatic N) is 5. The summed E-state index contributed by atoms with van der Waals surface area (Å²) in [5, 5.41) is 11.7. The van der Waals surface area contributed by atoms with E-state index in [0.29, 0.717) is 61.6 Å². The third kappa shape index (κ3) is 6.09. The third-order valence-electron chi connectivity index (χ3n) is 6.73. The van der Waals surface area contributed by atoms with Gasteiger partial charge in [0.05, 0.1) is 28.8 Å². The van der Waals surface area contributed by atoms with Crippen LogP contribution in [0.2, 0.25) is 0 Å². The molecule has 2 saturated heterocycles. The van der Waals surface area contributed by atoms with Crippen LogP contribution in [0.3, 0.4) is 0 Å². The van der Waals surface area contributed by atoms with Crippen molar-refractivity contribution < 1.29 is 26.4 Å². The van der Waals surface area contributed by atoms with Gasteiger partial charge in [0.25, 0.3) is 0 Å². The van der Waals surface area contributed by atoms with Gasteiger partial charge in [-0.2, -0.15) is 8.61 Å². The van der Waals surface area contributed by atoms with Crippen LogP contribution in [0.1, 0.15) is 12.8 Å². The number of amides is 1. The molecule has 3 aromatic rings. The molecule has 0 bridgehead atoms. The van der Waals surface area contributed by atoms with Crippen LogP contribution in [0.4, 0.5) is 5.69 Å². The maximum Gasteiger partial charge on any atom is 0.243 e. The van der Waals surface area contributed by atoms with Gasteiger partial charge in [-0.25, -0.2) is 16.8 Å². The molecular formula is C25H30N6O6S3. The fraction of sp³-hybridized carbons (Fsp3) is 0.400. The molecule has 0 spiro atoms. The number of nitrogens with one attached hydrogen (secondary N) is 1. The number of ether oxygens (including phenoxy) is 1. The van der Waals surface area contributed by atoms with Crippen molar-refractivity contribution >= 4 is 43.4 Å². The van der Waals surface area contributed by atoms with Crippen molar-refractivity contribution in [3.8, 4) is 11.4 Å². The molecule has 214 valence electrons. The number of benzene rings is 2. The van der Waals surface area contributed by atoms with Crippen molar-refractivity contribution in [2.45, 2.75) is 27.8 Å². The highest BCUT2D eigenvalue weighted by Crippen LogP contribution is 2.26. The maximum absolute atomic E-state index is 12.9. The Morgan fingerprint density at radius 3 is 2.00 bits per heavy atom. The molecule has 40 heavy (non-hydrogen) atoms. The summed E-state index contributed by atoms with van der Waals surface area (Å²) in [7, 11) is -5.33. The average molecular weight is 607 g/mol. The van der Waals surface area contributed by atoms with Gasteiger partial charge in [-0.3, -0.25) is 4.79 Å². The lowest BCUT2D eigenvalue weighted by atomic mass is 10.2. The first-order valence-electron chi connectivity index (χ1n) is 12.8. The van der Waals surface area contributed by atoms with Crippen molar-refractivity contribution in [2.24, 2.45) is 7.05 Å². The lowest BCUT2D eigenvalue weighted by molar-refractivity contribution is -0.113. The van der Waals surface area contributed by atoms with Crippen molar-refractivity contribution in [3.63, 3.8) is 0 Å². The molecule has 0 atom stereocenters. The van der Waals surface area contributed by atoms with Crippen molar-refractivity contribution in [1.82, 2.24) is 23.4 Å². The second-order valence-corrected chi connectivity index (χ2v) is 14.2. The number of carbonyl (C=O) groups excluding carboxylic acids is 1. The maximum atomic E-state index is 12.9. The number of hydrogen-bond donors (Lipinski definition) is 1. The summed E-state index contributed by atoms with van der Waals surface area (Å²) in [6.07, 6.45) is 1.73. The summed E-state index contributed by atoms with van der Waals surface area (Å²) in [5.74, 6) is 0.326. The minimum Gasteiger partial charge on any atom is -0.379 e. The summed E-state index contributed by atoms with van der Waals surface area (Å²) in [4.78, 5) is 13.0. The first-order chi connectivity index (χ1) is 19.2. The summed E-state index contributed by atoms with van der Waals surface area (Å²) in [6, 6.07) is 12.6. The predicted molar refractivity (Wildman–Crippen MR) is 150 cm³/mol. The van der Waals surface area contributed by atoms with Gasteiger partial charge in [-0.15, -0.1) is 10.2 Å². The standard InChI is InChI=1S/C25H30N6O6S3/c1-29-24(19-4-8-21(9-5-19)40(35,36)31-14-16-37-17-15-31)27-28-25(29)38-18-23(32)26-20-6-10-22(11-7-20)39(33,34)30-12-2-3-13-30/h4-11H,2-3,12-18H2,1H3,(H,26,32). The van der Waals surface area contributed by atoms with Crippen LogP contribution in [0.15, 0.2) is 63.5 Å². The highest BCUT2D eigenvalue weighted by molar-refractivity contribution is 7.99. The Balaban J connectivity index is 1.18. The minimum atomic E-state index is -3.59. The van der Waals surface area contributed by atoms with Crippen LogP contribution in [-0.4, -0.2) is 91.3 Å².